The Morgan fingerprint density at radius 3 is 2.76 bits per heavy atom. The van der Waals surface area contributed by atoms with E-state index in [4.69, 9.17) is 4.74 Å². The lowest BCUT2D eigenvalue weighted by Crippen LogP contribution is -2.40. The van der Waals surface area contributed by atoms with Crippen molar-refractivity contribution >= 4 is 23.2 Å². The maximum Gasteiger partial charge on any atom is 0.349 e. The molecule has 1 unspecified atom stereocenters. The molecular formula is C16H21NO3S. The minimum atomic E-state index is -0.727. The summed E-state index contributed by atoms with van der Waals surface area (Å²) in [6.07, 6.45) is 6.96. The molecule has 1 aromatic rings. The molecule has 3 rings (SSSR count). The van der Waals surface area contributed by atoms with Gasteiger partial charge in [-0.3, -0.25) is 4.79 Å². The molecule has 2 aliphatic rings. The first-order valence-corrected chi connectivity index (χ1v) is 8.58. The molecule has 1 N–H and O–H groups in total. The van der Waals surface area contributed by atoms with Crippen molar-refractivity contribution in [1.29, 1.82) is 0 Å². The molecule has 1 saturated carbocycles. The van der Waals surface area contributed by atoms with Gasteiger partial charge in [0.25, 0.3) is 5.91 Å². The van der Waals surface area contributed by atoms with E-state index < -0.39 is 6.10 Å². The summed E-state index contributed by atoms with van der Waals surface area (Å²) in [7, 11) is 0. The summed E-state index contributed by atoms with van der Waals surface area (Å²) >= 11 is 1.51. The number of aryl methyl sites for hydroxylation is 2. The summed E-state index contributed by atoms with van der Waals surface area (Å²) in [5, 5.41) is 2.96. The number of thiophene rings is 1. The number of fused-ring (bicyclic) bond motifs is 1. The number of esters is 1. The number of hydrogen-bond donors (Lipinski definition) is 1. The van der Waals surface area contributed by atoms with Gasteiger partial charge in [-0.05, 0) is 50.7 Å². The predicted molar refractivity (Wildman–Crippen MR) is 81.6 cm³/mol. The number of ether oxygens (including phenoxy) is 1. The molecule has 0 aromatic carbocycles. The molecule has 0 radical (unpaired) electrons. The Morgan fingerprint density at radius 2 is 2.05 bits per heavy atom. The summed E-state index contributed by atoms with van der Waals surface area (Å²) < 4.78 is 5.30. The minimum absolute atomic E-state index is 0.181. The fourth-order valence-corrected chi connectivity index (χ4v) is 4.23. The van der Waals surface area contributed by atoms with Crippen molar-refractivity contribution in [2.45, 2.75) is 64.0 Å². The van der Waals surface area contributed by atoms with Crippen LogP contribution in [0.5, 0.6) is 0 Å². The van der Waals surface area contributed by atoms with Gasteiger partial charge >= 0.3 is 5.97 Å². The van der Waals surface area contributed by atoms with Gasteiger partial charge in [-0.15, -0.1) is 11.3 Å². The summed E-state index contributed by atoms with van der Waals surface area (Å²) in [6.45, 7) is 1.64. The zero-order chi connectivity index (χ0) is 14.8. The van der Waals surface area contributed by atoms with E-state index in [1.54, 1.807) is 6.92 Å². The van der Waals surface area contributed by atoms with Crippen molar-refractivity contribution in [3.8, 4) is 0 Å². The fourth-order valence-electron chi connectivity index (χ4n) is 3.09. The monoisotopic (exact) mass is 307 g/mol. The summed E-state index contributed by atoms with van der Waals surface area (Å²) in [6, 6.07) is 2.18. The summed E-state index contributed by atoms with van der Waals surface area (Å²) in [4.78, 5) is 26.1. The third kappa shape index (κ3) is 3.28. The van der Waals surface area contributed by atoms with Gasteiger partial charge in [-0.2, -0.15) is 0 Å². The van der Waals surface area contributed by atoms with E-state index in [0.717, 1.165) is 25.7 Å². The Labute approximate surface area is 128 Å². The number of amides is 1. The van der Waals surface area contributed by atoms with Crippen LogP contribution < -0.4 is 5.32 Å². The maximum atomic E-state index is 12.1. The van der Waals surface area contributed by atoms with E-state index in [1.165, 1.54) is 41.0 Å². The molecule has 0 bridgehead atoms. The largest absolute Gasteiger partial charge is 0.448 e. The van der Waals surface area contributed by atoms with Crippen LogP contribution in [-0.4, -0.2) is 24.0 Å². The Hall–Kier alpha value is -1.36. The number of rotatable bonds is 4. The van der Waals surface area contributed by atoms with Crippen molar-refractivity contribution in [2.75, 3.05) is 0 Å². The van der Waals surface area contributed by atoms with Gasteiger partial charge in [0.15, 0.2) is 6.10 Å². The highest BCUT2D eigenvalue weighted by Gasteiger charge is 2.25. The first-order valence-electron chi connectivity index (χ1n) is 7.76. The lowest BCUT2D eigenvalue weighted by Gasteiger charge is -2.16. The lowest BCUT2D eigenvalue weighted by atomic mass is 10.2. The zero-order valence-corrected chi connectivity index (χ0v) is 13.1. The van der Waals surface area contributed by atoms with Gasteiger partial charge in [0.1, 0.15) is 4.88 Å². The normalized spacial score (nSPS) is 19.3. The Kier molecular flexibility index (Phi) is 4.29. The van der Waals surface area contributed by atoms with E-state index in [9.17, 15) is 9.59 Å². The van der Waals surface area contributed by atoms with Gasteiger partial charge < -0.3 is 10.1 Å². The standard InChI is InChI=1S/C16H21NO3S/c1-10(15(18)17-12-6-2-3-7-12)20-16(19)14-9-11-5-4-8-13(11)21-14/h9-10,12H,2-8H2,1H3,(H,17,18). The van der Waals surface area contributed by atoms with Crippen LogP contribution in [0.15, 0.2) is 6.07 Å². The van der Waals surface area contributed by atoms with Crippen molar-refractivity contribution in [3.05, 3.63) is 21.4 Å². The first-order chi connectivity index (χ1) is 10.1. The molecule has 4 nitrogen and oxygen atoms in total. The van der Waals surface area contributed by atoms with Gasteiger partial charge in [0, 0.05) is 10.9 Å². The average Bonchev–Trinajstić information content (AvgIpc) is 3.14. The second kappa shape index (κ2) is 6.18. The summed E-state index contributed by atoms with van der Waals surface area (Å²) in [5.74, 6) is -0.553. The molecule has 1 atom stereocenters. The van der Waals surface area contributed by atoms with Crippen LogP contribution in [0.4, 0.5) is 0 Å². The minimum Gasteiger partial charge on any atom is -0.448 e. The van der Waals surface area contributed by atoms with Crippen molar-refractivity contribution in [1.82, 2.24) is 5.32 Å². The lowest BCUT2D eigenvalue weighted by molar-refractivity contribution is -0.129. The van der Waals surface area contributed by atoms with Gasteiger partial charge in [-0.25, -0.2) is 4.79 Å². The van der Waals surface area contributed by atoms with E-state index in [-0.39, 0.29) is 17.9 Å². The second-order valence-electron chi connectivity index (χ2n) is 5.95. The third-order valence-electron chi connectivity index (χ3n) is 4.30. The quantitative estimate of drug-likeness (QED) is 0.870. The molecule has 0 aliphatic heterocycles. The van der Waals surface area contributed by atoms with Gasteiger partial charge in [0.2, 0.25) is 0 Å². The Balaban J connectivity index is 1.54. The molecule has 1 heterocycles. The third-order valence-corrected chi connectivity index (χ3v) is 5.52. The highest BCUT2D eigenvalue weighted by atomic mass is 32.1. The van der Waals surface area contributed by atoms with Crippen LogP contribution in [0.3, 0.4) is 0 Å². The summed E-state index contributed by atoms with van der Waals surface area (Å²) in [5.41, 5.74) is 1.27. The van der Waals surface area contributed by atoms with Crippen LogP contribution in [0, 0.1) is 0 Å². The number of nitrogens with one attached hydrogen (secondary N) is 1. The van der Waals surface area contributed by atoms with E-state index >= 15 is 0 Å². The van der Waals surface area contributed by atoms with Gasteiger partial charge in [0.05, 0.1) is 0 Å². The topological polar surface area (TPSA) is 55.4 Å². The van der Waals surface area contributed by atoms with Crippen molar-refractivity contribution in [3.63, 3.8) is 0 Å². The smallest absolute Gasteiger partial charge is 0.349 e. The fraction of sp³-hybridized carbons (Fsp3) is 0.625. The average molecular weight is 307 g/mol. The van der Waals surface area contributed by atoms with Crippen LogP contribution in [0.1, 0.15) is 59.1 Å². The van der Waals surface area contributed by atoms with E-state index in [2.05, 4.69) is 5.32 Å². The Bertz CT molecular complexity index is 524. The highest BCUT2D eigenvalue weighted by Crippen LogP contribution is 2.31. The molecule has 1 fully saturated rings. The van der Waals surface area contributed by atoms with Crippen LogP contribution in [0.2, 0.25) is 0 Å². The number of carbonyl (C=O) groups is 2. The first kappa shape index (κ1) is 14.6. The van der Waals surface area contributed by atoms with E-state index in [1.807, 2.05) is 6.07 Å². The molecule has 5 heteroatoms. The SMILES string of the molecule is CC(OC(=O)c1cc2c(s1)CCC2)C(=O)NC1CCCC1. The Morgan fingerprint density at radius 1 is 1.29 bits per heavy atom. The molecule has 2 aliphatic carbocycles. The van der Waals surface area contributed by atoms with Crippen LogP contribution in [0.25, 0.3) is 0 Å². The molecule has 1 amide bonds. The van der Waals surface area contributed by atoms with Crippen molar-refractivity contribution in [2.24, 2.45) is 0 Å². The molecule has 1 aromatic heterocycles. The predicted octanol–water partition coefficient (Wildman–Crippen LogP) is 2.84. The van der Waals surface area contributed by atoms with Crippen LogP contribution in [-0.2, 0) is 22.4 Å². The maximum absolute atomic E-state index is 12.1. The molecule has 21 heavy (non-hydrogen) atoms. The molecule has 0 saturated heterocycles. The van der Waals surface area contributed by atoms with E-state index in [0.29, 0.717) is 4.88 Å². The van der Waals surface area contributed by atoms with Crippen molar-refractivity contribution < 1.29 is 14.3 Å². The molecule has 114 valence electrons. The number of carbonyl (C=O) groups excluding carboxylic acids is 2. The molecule has 0 spiro atoms. The zero-order valence-electron chi connectivity index (χ0n) is 12.3. The molecular weight excluding hydrogens is 286 g/mol. The highest BCUT2D eigenvalue weighted by molar-refractivity contribution is 7.14. The number of hydrogen-bond acceptors (Lipinski definition) is 4. The second-order valence-corrected chi connectivity index (χ2v) is 7.09. The van der Waals surface area contributed by atoms with Crippen LogP contribution >= 0.6 is 11.3 Å². The van der Waals surface area contributed by atoms with Gasteiger partial charge in [-0.1, -0.05) is 12.8 Å².